The lowest BCUT2D eigenvalue weighted by atomic mass is 10.1. The normalized spacial score (nSPS) is 13.1. The highest BCUT2D eigenvalue weighted by Crippen LogP contribution is 2.38. The monoisotopic (exact) mass is 290 g/mol. The number of allylic oxidation sites excluding steroid dienone is 1. The van der Waals surface area contributed by atoms with Crippen LogP contribution in [-0.2, 0) is 6.42 Å². The fourth-order valence-corrected chi connectivity index (χ4v) is 3.83. The standard InChI is InChI=1S/C14H11BrS/c1-9-5-8-13(16-9)12-7-6-10-3-2-4-11(10)14(12)15/h2,4-8H,3H2,1H3. The van der Waals surface area contributed by atoms with E-state index >= 15 is 0 Å². The summed E-state index contributed by atoms with van der Waals surface area (Å²) < 4.78 is 1.24. The predicted molar refractivity (Wildman–Crippen MR) is 74.9 cm³/mol. The van der Waals surface area contributed by atoms with Gasteiger partial charge in [-0.15, -0.1) is 11.3 Å². The lowest BCUT2D eigenvalue weighted by molar-refractivity contribution is 1.30. The van der Waals surface area contributed by atoms with Crippen LogP contribution >= 0.6 is 27.3 Å². The molecule has 1 aromatic heterocycles. The molecule has 0 N–H and O–H groups in total. The number of thiophene rings is 1. The van der Waals surface area contributed by atoms with Gasteiger partial charge in [-0.2, -0.15) is 0 Å². The van der Waals surface area contributed by atoms with E-state index in [4.69, 9.17) is 0 Å². The van der Waals surface area contributed by atoms with Crippen molar-refractivity contribution in [1.82, 2.24) is 0 Å². The Bertz CT molecular complexity index is 578. The third-order valence-electron chi connectivity index (χ3n) is 2.90. The molecule has 0 unspecified atom stereocenters. The van der Waals surface area contributed by atoms with E-state index in [-0.39, 0.29) is 0 Å². The third kappa shape index (κ3) is 1.57. The molecule has 0 spiro atoms. The Morgan fingerprint density at radius 3 is 2.81 bits per heavy atom. The molecule has 0 nitrogen and oxygen atoms in total. The molecule has 1 aliphatic carbocycles. The second-order valence-corrected chi connectivity index (χ2v) is 6.10. The van der Waals surface area contributed by atoms with Crippen LogP contribution in [0, 0.1) is 6.92 Å². The van der Waals surface area contributed by atoms with Gasteiger partial charge in [0.1, 0.15) is 0 Å². The Labute approximate surface area is 108 Å². The number of fused-ring (bicyclic) bond motifs is 1. The van der Waals surface area contributed by atoms with Gasteiger partial charge in [0.05, 0.1) is 0 Å². The molecule has 3 rings (SSSR count). The summed E-state index contributed by atoms with van der Waals surface area (Å²) in [6, 6.07) is 8.84. The predicted octanol–water partition coefficient (Wildman–Crippen LogP) is 5.06. The zero-order valence-electron chi connectivity index (χ0n) is 8.96. The highest BCUT2D eigenvalue weighted by molar-refractivity contribution is 9.10. The summed E-state index contributed by atoms with van der Waals surface area (Å²) in [5.41, 5.74) is 4.08. The number of halogens is 1. The number of hydrogen-bond acceptors (Lipinski definition) is 1. The lowest BCUT2D eigenvalue weighted by Crippen LogP contribution is -1.85. The number of aryl methyl sites for hydroxylation is 1. The van der Waals surface area contributed by atoms with Crippen LogP contribution in [0.5, 0.6) is 0 Å². The van der Waals surface area contributed by atoms with Gasteiger partial charge in [0, 0.05) is 19.8 Å². The highest BCUT2D eigenvalue weighted by Gasteiger charge is 2.13. The van der Waals surface area contributed by atoms with Gasteiger partial charge in [-0.05, 0) is 52.5 Å². The molecule has 16 heavy (non-hydrogen) atoms. The molecule has 0 amide bonds. The second-order valence-electron chi connectivity index (χ2n) is 4.02. The number of benzene rings is 1. The third-order valence-corrected chi connectivity index (χ3v) is 4.79. The van der Waals surface area contributed by atoms with Gasteiger partial charge >= 0.3 is 0 Å². The van der Waals surface area contributed by atoms with Crippen molar-refractivity contribution >= 4 is 33.3 Å². The van der Waals surface area contributed by atoms with Crippen LogP contribution in [0.4, 0.5) is 0 Å². The molecule has 0 saturated heterocycles. The van der Waals surface area contributed by atoms with Crippen molar-refractivity contribution in [2.45, 2.75) is 13.3 Å². The molecule has 0 saturated carbocycles. The lowest BCUT2D eigenvalue weighted by Gasteiger charge is -2.07. The van der Waals surface area contributed by atoms with E-state index in [1.807, 2.05) is 11.3 Å². The Morgan fingerprint density at radius 1 is 1.19 bits per heavy atom. The summed E-state index contributed by atoms with van der Waals surface area (Å²) >= 11 is 5.58. The van der Waals surface area contributed by atoms with Crippen molar-refractivity contribution in [2.24, 2.45) is 0 Å². The summed E-state index contributed by atoms with van der Waals surface area (Å²) in [5, 5.41) is 0. The topological polar surface area (TPSA) is 0 Å². The molecule has 1 aromatic carbocycles. The van der Waals surface area contributed by atoms with E-state index < -0.39 is 0 Å². The Kier molecular flexibility index (Phi) is 2.49. The molecular formula is C14H11BrS. The minimum absolute atomic E-state index is 1.07. The maximum absolute atomic E-state index is 3.73. The minimum atomic E-state index is 1.07. The van der Waals surface area contributed by atoms with Gasteiger partial charge in [-0.3, -0.25) is 0 Å². The molecular weight excluding hydrogens is 280 g/mol. The van der Waals surface area contributed by atoms with Gasteiger partial charge in [0.25, 0.3) is 0 Å². The number of rotatable bonds is 1. The molecule has 1 heterocycles. The van der Waals surface area contributed by atoms with Gasteiger partial charge in [0.2, 0.25) is 0 Å². The van der Waals surface area contributed by atoms with Crippen LogP contribution in [0.2, 0.25) is 0 Å². The van der Waals surface area contributed by atoms with Crippen molar-refractivity contribution in [3.63, 3.8) is 0 Å². The summed E-state index contributed by atoms with van der Waals surface area (Å²) in [5.74, 6) is 0. The molecule has 0 fully saturated rings. The zero-order valence-corrected chi connectivity index (χ0v) is 11.4. The summed E-state index contributed by atoms with van der Waals surface area (Å²) in [6.07, 6.45) is 5.50. The Balaban J connectivity index is 2.19. The van der Waals surface area contributed by atoms with Crippen molar-refractivity contribution in [3.8, 4) is 10.4 Å². The minimum Gasteiger partial charge on any atom is -0.141 e. The molecule has 80 valence electrons. The first-order valence-corrected chi connectivity index (χ1v) is 6.91. The molecule has 0 atom stereocenters. The van der Waals surface area contributed by atoms with E-state index in [0.29, 0.717) is 0 Å². The van der Waals surface area contributed by atoms with E-state index in [0.717, 1.165) is 6.42 Å². The van der Waals surface area contributed by atoms with Crippen molar-refractivity contribution in [3.05, 3.63) is 50.8 Å². The summed E-state index contributed by atoms with van der Waals surface area (Å²) in [4.78, 5) is 2.70. The molecule has 1 aliphatic rings. The van der Waals surface area contributed by atoms with E-state index in [1.54, 1.807) is 0 Å². The first-order valence-electron chi connectivity index (χ1n) is 5.30. The summed E-state index contributed by atoms with van der Waals surface area (Å²) in [6.45, 7) is 2.15. The number of hydrogen-bond donors (Lipinski definition) is 0. The van der Waals surface area contributed by atoms with Crippen LogP contribution in [-0.4, -0.2) is 0 Å². The largest absolute Gasteiger partial charge is 0.141 e. The van der Waals surface area contributed by atoms with Crippen LogP contribution in [0.1, 0.15) is 16.0 Å². The SMILES string of the molecule is Cc1ccc(-c2ccc3c(c2Br)C=CC3)s1. The fraction of sp³-hybridized carbons (Fsp3) is 0.143. The first-order chi connectivity index (χ1) is 7.75. The van der Waals surface area contributed by atoms with Crippen LogP contribution in [0.15, 0.2) is 34.8 Å². The maximum Gasteiger partial charge on any atom is 0.0357 e. The molecule has 2 heteroatoms. The Morgan fingerprint density at radius 2 is 2.06 bits per heavy atom. The van der Waals surface area contributed by atoms with Crippen molar-refractivity contribution in [1.29, 1.82) is 0 Å². The van der Waals surface area contributed by atoms with Gasteiger partial charge in [0.15, 0.2) is 0 Å². The molecule has 0 aliphatic heterocycles. The zero-order chi connectivity index (χ0) is 11.1. The van der Waals surface area contributed by atoms with Gasteiger partial charge < -0.3 is 0 Å². The smallest absolute Gasteiger partial charge is 0.0357 e. The molecule has 2 aromatic rings. The van der Waals surface area contributed by atoms with Gasteiger partial charge in [-0.1, -0.05) is 24.3 Å². The Hall–Kier alpha value is -0.860. The average molecular weight is 291 g/mol. The van der Waals surface area contributed by atoms with Crippen molar-refractivity contribution < 1.29 is 0 Å². The van der Waals surface area contributed by atoms with E-state index in [9.17, 15) is 0 Å². The summed E-state index contributed by atoms with van der Waals surface area (Å²) in [7, 11) is 0. The quantitative estimate of drug-likeness (QED) is 0.689. The van der Waals surface area contributed by atoms with Crippen LogP contribution in [0.25, 0.3) is 16.5 Å². The van der Waals surface area contributed by atoms with Crippen LogP contribution < -0.4 is 0 Å². The first kappa shape index (κ1) is 10.3. The van der Waals surface area contributed by atoms with Crippen LogP contribution in [0.3, 0.4) is 0 Å². The second kappa shape index (κ2) is 3.86. The van der Waals surface area contributed by atoms with E-state index in [2.05, 4.69) is 59.3 Å². The van der Waals surface area contributed by atoms with E-state index in [1.165, 1.54) is 30.9 Å². The van der Waals surface area contributed by atoms with Crippen molar-refractivity contribution in [2.75, 3.05) is 0 Å². The van der Waals surface area contributed by atoms with Gasteiger partial charge in [-0.25, -0.2) is 0 Å². The highest BCUT2D eigenvalue weighted by atomic mass is 79.9. The fourth-order valence-electron chi connectivity index (χ4n) is 2.06. The average Bonchev–Trinajstić information content (AvgIpc) is 2.87. The maximum atomic E-state index is 3.73. The molecule has 0 bridgehead atoms. The molecule has 0 radical (unpaired) electrons.